The molecule has 0 rings (SSSR count). The first-order valence-corrected chi connectivity index (χ1v) is 10.2. The van der Waals surface area contributed by atoms with Gasteiger partial charge >= 0.3 is 0 Å². The molecule has 0 saturated carbocycles. The third-order valence-corrected chi connectivity index (χ3v) is 10.1. The van der Waals surface area contributed by atoms with Crippen LogP contribution >= 0.6 is 0 Å². The second kappa shape index (κ2) is 7.02. The highest BCUT2D eigenvalue weighted by atomic mass is 32.2. The number of hydrogen-bond donors (Lipinski definition) is 0. The van der Waals surface area contributed by atoms with E-state index in [1.807, 2.05) is 13.8 Å². The Labute approximate surface area is 134 Å². The van der Waals surface area contributed by atoms with Gasteiger partial charge in [-0.15, -0.1) is 0 Å². The lowest BCUT2D eigenvalue weighted by atomic mass is 9.74. The summed E-state index contributed by atoms with van der Waals surface area (Å²) in [6.07, 6.45) is 1.78. The lowest BCUT2D eigenvalue weighted by Crippen LogP contribution is -2.49. The Bertz CT molecular complexity index is 390. The van der Waals surface area contributed by atoms with Crippen molar-refractivity contribution in [2.75, 3.05) is 0 Å². The first-order chi connectivity index (χ1) is 9.32. The fraction of sp³-hybridized carbons (Fsp3) is 1.00. The SMILES string of the molecule is CCC(C)(C(C)C)C(C)S(=O)(=O)C(C)C(C)(CC)C(C)C. The van der Waals surface area contributed by atoms with Crippen molar-refractivity contribution in [3.05, 3.63) is 0 Å². The summed E-state index contributed by atoms with van der Waals surface area (Å²) in [6.45, 7) is 20.9. The number of hydrogen-bond acceptors (Lipinski definition) is 2. The molecule has 0 aromatic carbocycles. The summed E-state index contributed by atoms with van der Waals surface area (Å²) < 4.78 is 26.5. The Morgan fingerprint density at radius 1 is 0.714 bits per heavy atom. The van der Waals surface area contributed by atoms with Crippen molar-refractivity contribution >= 4 is 9.84 Å². The monoisotopic (exact) mass is 318 g/mol. The minimum Gasteiger partial charge on any atom is -0.228 e. The molecule has 0 aromatic heterocycles. The third kappa shape index (κ3) is 3.65. The van der Waals surface area contributed by atoms with Crippen molar-refractivity contribution in [3.8, 4) is 0 Å². The van der Waals surface area contributed by atoms with E-state index in [9.17, 15) is 8.42 Å². The van der Waals surface area contributed by atoms with Crippen LogP contribution in [0.25, 0.3) is 0 Å². The molecule has 0 aliphatic heterocycles. The summed E-state index contributed by atoms with van der Waals surface area (Å²) in [4.78, 5) is 0. The molecule has 0 aliphatic rings. The standard InChI is InChI=1S/C18H38O2S/c1-11-17(9,13(3)4)15(7)21(19,20)16(8)18(10,12-2)14(5)6/h13-16H,11-12H2,1-10H3. The van der Waals surface area contributed by atoms with Gasteiger partial charge in [0.1, 0.15) is 0 Å². The third-order valence-electron chi connectivity index (χ3n) is 7.00. The van der Waals surface area contributed by atoms with Gasteiger partial charge in [-0.25, -0.2) is 8.42 Å². The maximum absolute atomic E-state index is 13.3. The molecule has 2 nitrogen and oxygen atoms in total. The average Bonchev–Trinajstić information content (AvgIpc) is 2.42. The Morgan fingerprint density at radius 2 is 0.952 bits per heavy atom. The van der Waals surface area contributed by atoms with E-state index in [1.54, 1.807) is 0 Å². The van der Waals surface area contributed by atoms with Crippen LogP contribution in [0, 0.1) is 22.7 Å². The molecular weight excluding hydrogens is 280 g/mol. The molecule has 0 aromatic rings. The zero-order valence-electron chi connectivity index (χ0n) is 15.9. The van der Waals surface area contributed by atoms with Crippen molar-refractivity contribution in [1.29, 1.82) is 0 Å². The summed E-state index contributed by atoms with van der Waals surface area (Å²) in [6, 6.07) is 0. The number of sulfone groups is 1. The lowest BCUT2D eigenvalue weighted by Gasteiger charge is -2.44. The van der Waals surface area contributed by atoms with Crippen LogP contribution in [0.2, 0.25) is 0 Å². The molecule has 4 atom stereocenters. The highest BCUT2D eigenvalue weighted by molar-refractivity contribution is 7.92. The summed E-state index contributed by atoms with van der Waals surface area (Å²) in [7, 11) is -3.17. The second-order valence-corrected chi connectivity index (χ2v) is 10.5. The van der Waals surface area contributed by atoms with E-state index >= 15 is 0 Å². The fourth-order valence-electron chi connectivity index (χ4n) is 3.39. The van der Waals surface area contributed by atoms with Gasteiger partial charge in [0.15, 0.2) is 9.84 Å². The Balaban J connectivity index is 5.78. The summed E-state index contributed by atoms with van der Waals surface area (Å²) in [5.41, 5.74) is -0.336. The number of rotatable bonds is 8. The molecule has 21 heavy (non-hydrogen) atoms. The van der Waals surface area contributed by atoms with Crippen LogP contribution in [0.3, 0.4) is 0 Å². The van der Waals surface area contributed by atoms with Crippen molar-refractivity contribution < 1.29 is 8.42 Å². The highest BCUT2D eigenvalue weighted by Crippen LogP contribution is 2.44. The highest BCUT2D eigenvalue weighted by Gasteiger charge is 2.48. The van der Waals surface area contributed by atoms with Crippen LogP contribution in [0.1, 0.15) is 82.1 Å². The van der Waals surface area contributed by atoms with Crippen LogP contribution in [0.15, 0.2) is 0 Å². The molecule has 0 heterocycles. The molecule has 0 saturated heterocycles. The average molecular weight is 319 g/mol. The van der Waals surface area contributed by atoms with E-state index in [0.717, 1.165) is 12.8 Å². The molecule has 128 valence electrons. The summed E-state index contributed by atoms with van der Waals surface area (Å²) in [5, 5.41) is -0.621. The molecule has 0 spiro atoms. The van der Waals surface area contributed by atoms with Gasteiger partial charge < -0.3 is 0 Å². The van der Waals surface area contributed by atoms with Gasteiger partial charge in [0.25, 0.3) is 0 Å². The van der Waals surface area contributed by atoms with Crippen LogP contribution in [-0.2, 0) is 9.84 Å². The molecule has 4 unspecified atom stereocenters. The van der Waals surface area contributed by atoms with Crippen LogP contribution < -0.4 is 0 Å². The molecular formula is C18H38O2S. The van der Waals surface area contributed by atoms with Crippen LogP contribution in [0.5, 0.6) is 0 Å². The molecule has 0 aliphatic carbocycles. The molecule has 0 bridgehead atoms. The van der Waals surface area contributed by atoms with Gasteiger partial charge in [-0.3, -0.25) is 0 Å². The minimum atomic E-state index is -3.17. The Morgan fingerprint density at radius 3 is 1.10 bits per heavy atom. The van der Waals surface area contributed by atoms with E-state index in [0.29, 0.717) is 11.8 Å². The largest absolute Gasteiger partial charge is 0.228 e. The lowest BCUT2D eigenvalue weighted by molar-refractivity contribution is 0.184. The van der Waals surface area contributed by atoms with E-state index in [4.69, 9.17) is 0 Å². The van der Waals surface area contributed by atoms with E-state index < -0.39 is 9.84 Å². The van der Waals surface area contributed by atoms with E-state index in [2.05, 4.69) is 55.4 Å². The van der Waals surface area contributed by atoms with Gasteiger partial charge in [-0.05, 0) is 49.4 Å². The predicted octanol–water partition coefficient (Wildman–Crippen LogP) is 5.32. The topological polar surface area (TPSA) is 34.1 Å². The normalized spacial score (nSPS) is 21.9. The summed E-state index contributed by atoms with van der Waals surface area (Å²) in [5.74, 6) is 0.706. The van der Waals surface area contributed by atoms with Gasteiger partial charge in [0.2, 0.25) is 0 Å². The first-order valence-electron chi connectivity index (χ1n) is 8.54. The van der Waals surface area contributed by atoms with Gasteiger partial charge in [0.05, 0.1) is 10.5 Å². The zero-order chi connectivity index (χ0) is 17.2. The molecule has 3 heteroatoms. The van der Waals surface area contributed by atoms with Crippen molar-refractivity contribution in [1.82, 2.24) is 0 Å². The second-order valence-electron chi connectivity index (χ2n) is 7.90. The fourth-order valence-corrected chi connectivity index (χ4v) is 6.38. The predicted molar refractivity (Wildman–Crippen MR) is 94.3 cm³/mol. The van der Waals surface area contributed by atoms with Crippen LogP contribution in [0.4, 0.5) is 0 Å². The quantitative estimate of drug-likeness (QED) is 0.606. The Kier molecular flexibility index (Phi) is 7.00. The molecule has 0 amide bonds. The molecule has 0 N–H and O–H groups in total. The van der Waals surface area contributed by atoms with Gasteiger partial charge in [-0.2, -0.15) is 0 Å². The zero-order valence-corrected chi connectivity index (χ0v) is 16.8. The smallest absolute Gasteiger partial charge is 0.156 e. The van der Waals surface area contributed by atoms with Crippen molar-refractivity contribution in [3.63, 3.8) is 0 Å². The molecule has 0 fully saturated rings. The maximum Gasteiger partial charge on any atom is 0.156 e. The molecule has 0 radical (unpaired) electrons. The van der Waals surface area contributed by atoms with Crippen molar-refractivity contribution in [2.24, 2.45) is 22.7 Å². The minimum absolute atomic E-state index is 0.168. The van der Waals surface area contributed by atoms with E-state index in [-0.39, 0.29) is 21.3 Å². The van der Waals surface area contributed by atoms with Crippen molar-refractivity contribution in [2.45, 2.75) is 92.6 Å². The summed E-state index contributed by atoms with van der Waals surface area (Å²) >= 11 is 0. The van der Waals surface area contributed by atoms with Gasteiger partial charge in [-0.1, -0.05) is 55.4 Å². The first kappa shape index (κ1) is 20.9. The van der Waals surface area contributed by atoms with E-state index in [1.165, 1.54) is 0 Å². The van der Waals surface area contributed by atoms with Crippen LogP contribution in [-0.4, -0.2) is 18.9 Å². The maximum atomic E-state index is 13.3. The Hall–Kier alpha value is -0.0500. The van der Waals surface area contributed by atoms with Gasteiger partial charge in [0, 0.05) is 0 Å².